The Labute approximate surface area is 71.0 Å². The van der Waals surface area contributed by atoms with Crippen LogP contribution in [0.5, 0.6) is 0 Å². The maximum absolute atomic E-state index is 10.9. The molecule has 0 saturated heterocycles. The second kappa shape index (κ2) is 8.17. The van der Waals surface area contributed by atoms with Crippen LogP contribution >= 0.6 is 0 Å². The fourth-order valence-corrected chi connectivity index (χ4v) is 1.29. The molecule has 0 aromatic carbocycles. The highest BCUT2D eigenvalue weighted by molar-refractivity contribution is 7.84. The predicted octanol–water partition coefficient (Wildman–Crippen LogP) is -0.00900. The van der Waals surface area contributed by atoms with Crippen molar-refractivity contribution in [1.29, 1.82) is 0 Å². The monoisotopic (exact) mass is 179 g/mol. The summed E-state index contributed by atoms with van der Waals surface area (Å²) in [7, 11) is 1.04. The summed E-state index contributed by atoms with van der Waals surface area (Å²) in [5.74, 6) is 1.51. The van der Waals surface area contributed by atoms with Crippen molar-refractivity contribution in [1.82, 2.24) is 5.32 Å². The number of hydrogen-bond acceptors (Lipinski definition) is 3. The van der Waals surface area contributed by atoms with E-state index in [9.17, 15) is 4.21 Å². The fourth-order valence-electron chi connectivity index (χ4n) is 0.630. The van der Waals surface area contributed by atoms with Crippen LogP contribution in [0, 0.1) is 0 Å². The van der Waals surface area contributed by atoms with Gasteiger partial charge in [0.1, 0.15) is 0 Å². The molecule has 0 fully saturated rings. The summed E-state index contributed by atoms with van der Waals surface area (Å²) >= 11 is 0. The molecule has 0 radical (unpaired) electrons. The van der Waals surface area contributed by atoms with Gasteiger partial charge in [0.15, 0.2) is 0 Å². The SMILES string of the molecule is CCS(=O)CCNCCOC. The zero-order chi connectivity index (χ0) is 8.53. The Bertz CT molecular complexity index is 109. The summed E-state index contributed by atoms with van der Waals surface area (Å²) in [5.41, 5.74) is 0. The Hall–Kier alpha value is 0.0700. The first kappa shape index (κ1) is 11.1. The summed E-state index contributed by atoms with van der Waals surface area (Å²) in [4.78, 5) is 0. The van der Waals surface area contributed by atoms with E-state index < -0.39 is 10.8 Å². The van der Waals surface area contributed by atoms with Gasteiger partial charge in [0.2, 0.25) is 0 Å². The van der Waals surface area contributed by atoms with E-state index in [1.165, 1.54) is 0 Å². The first-order valence-corrected chi connectivity index (χ1v) is 5.34. The van der Waals surface area contributed by atoms with E-state index in [0.29, 0.717) is 0 Å². The molecule has 3 nitrogen and oxygen atoms in total. The van der Waals surface area contributed by atoms with E-state index in [4.69, 9.17) is 4.74 Å². The molecule has 1 N–H and O–H groups in total. The molecule has 11 heavy (non-hydrogen) atoms. The van der Waals surface area contributed by atoms with Crippen LogP contribution in [-0.2, 0) is 15.5 Å². The lowest BCUT2D eigenvalue weighted by Gasteiger charge is -2.02. The average Bonchev–Trinajstić information content (AvgIpc) is 2.04. The summed E-state index contributed by atoms with van der Waals surface area (Å²) in [5, 5.41) is 3.13. The van der Waals surface area contributed by atoms with Crippen LogP contribution in [0.15, 0.2) is 0 Å². The second-order valence-electron chi connectivity index (χ2n) is 2.18. The summed E-state index contributed by atoms with van der Waals surface area (Å²) in [6, 6.07) is 0. The maximum atomic E-state index is 10.9. The summed E-state index contributed by atoms with van der Waals surface area (Å²) in [6.07, 6.45) is 0. The van der Waals surface area contributed by atoms with Gasteiger partial charge in [-0.25, -0.2) is 0 Å². The van der Waals surface area contributed by atoms with E-state index in [1.54, 1.807) is 7.11 Å². The van der Waals surface area contributed by atoms with E-state index in [0.717, 1.165) is 31.2 Å². The van der Waals surface area contributed by atoms with Crippen molar-refractivity contribution in [3.8, 4) is 0 Å². The molecule has 0 bridgehead atoms. The lowest BCUT2D eigenvalue weighted by atomic mass is 10.6. The minimum atomic E-state index is -0.636. The van der Waals surface area contributed by atoms with Crippen LogP contribution in [0.1, 0.15) is 6.92 Å². The Kier molecular flexibility index (Phi) is 8.22. The molecule has 0 heterocycles. The number of nitrogens with one attached hydrogen (secondary N) is 1. The Morgan fingerprint density at radius 3 is 2.73 bits per heavy atom. The number of rotatable bonds is 7. The molecule has 1 atom stereocenters. The maximum Gasteiger partial charge on any atom is 0.0587 e. The van der Waals surface area contributed by atoms with Gasteiger partial charge in [-0.3, -0.25) is 4.21 Å². The van der Waals surface area contributed by atoms with Crippen LogP contribution in [0.3, 0.4) is 0 Å². The normalized spacial score (nSPS) is 13.3. The van der Waals surface area contributed by atoms with Gasteiger partial charge < -0.3 is 10.1 Å². The highest BCUT2D eigenvalue weighted by Crippen LogP contribution is 1.78. The van der Waals surface area contributed by atoms with E-state index in [2.05, 4.69) is 5.32 Å². The molecule has 0 rings (SSSR count). The Morgan fingerprint density at radius 1 is 1.45 bits per heavy atom. The largest absolute Gasteiger partial charge is 0.383 e. The van der Waals surface area contributed by atoms with Crippen molar-refractivity contribution in [3.05, 3.63) is 0 Å². The summed E-state index contributed by atoms with van der Waals surface area (Å²) < 4.78 is 15.7. The second-order valence-corrected chi connectivity index (χ2v) is 4.04. The van der Waals surface area contributed by atoms with Gasteiger partial charge >= 0.3 is 0 Å². The zero-order valence-corrected chi connectivity index (χ0v) is 8.08. The molecule has 0 aromatic heterocycles. The van der Waals surface area contributed by atoms with E-state index in [-0.39, 0.29) is 0 Å². The van der Waals surface area contributed by atoms with Gasteiger partial charge in [-0.05, 0) is 0 Å². The zero-order valence-electron chi connectivity index (χ0n) is 7.26. The number of methoxy groups -OCH3 is 1. The molecule has 0 aromatic rings. The molecular formula is C7H17NO2S. The first-order valence-electron chi connectivity index (χ1n) is 3.86. The van der Waals surface area contributed by atoms with Crippen molar-refractivity contribution in [3.63, 3.8) is 0 Å². The lowest BCUT2D eigenvalue weighted by molar-refractivity contribution is 0.200. The van der Waals surface area contributed by atoms with Crippen LogP contribution in [0.25, 0.3) is 0 Å². The van der Waals surface area contributed by atoms with Crippen LogP contribution < -0.4 is 5.32 Å². The van der Waals surface area contributed by atoms with Crippen molar-refractivity contribution in [2.24, 2.45) is 0 Å². The third-order valence-electron chi connectivity index (χ3n) is 1.31. The Morgan fingerprint density at radius 2 is 2.18 bits per heavy atom. The molecule has 0 spiro atoms. The highest BCUT2D eigenvalue weighted by Gasteiger charge is 1.93. The van der Waals surface area contributed by atoms with E-state index >= 15 is 0 Å². The van der Waals surface area contributed by atoms with Crippen molar-refractivity contribution in [2.75, 3.05) is 38.3 Å². The Balaban J connectivity index is 2.95. The average molecular weight is 179 g/mol. The number of ether oxygens (including phenoxy) is 1. The van der Waals surface area contributed by atoms with Gasteiger partial charge in [-0.15, -0.1) is 0 Å². The first-order chi connectivity index (χ1) is 5.31. The van der Waals surface area contributed by atoms with Gasteiger partial charge in [-0.2, -0.15) is 0 Å². The molecule has 0 aliphatic rings. The smallest absolute Gasteiger partial charge is 0.0587 e. The molecule has 68 valence electrons. The molecule has 4 heteroatoms. The molecule has 0 aliphatic carbocycles. The highest BCUT2D eigenvalue weighted by atomic mass is 32.2. The molecule has 1 unspecified atom stereocenters. The quantitative estimate of drug-likeness (QED) is 0.559. The van der Waals surface area contributed by atoms with E-state index in [1.807, 2.05) is 6.92 Å². The van der Waals surface area contributed by atoms with Crippen LogP contribution in [0.2, 0.25) is 0 Å². The van der Waals surface area contributed by atoms with Gasteiger partial charge in [0.25, 0.3) is 0 Å². The molecule has 0 amide bonds. The van der Waals surface area contributed by atoms with Gasteiger partial charge in [-0.1, -0.05) is 6.92 Å². The topological polar surface area (TPSA) is 38.3 Å². The molecule has 0 saturated carbocycles. The minimum absolute atomic E-state index is 0.636. The van der Waals surface area contributed by atoms with Crippen molar-refractivity contribution < 1.29 is 8.95 Å². The van der Waals surface area contributed by atoms with Crippen molar-refractivity contribution >= 4 is 10.8 Å². The van der Waals surface area contributed by atoms with Crippen molar-refractivity contribution in [2.45, 2.75) is 6.92 Å². The van der Waals surface area contributed by atoms with Gasteiger partial charge in [0, 0.05) is 42.5 Å². The molecular weight excluding hydrogens is 162 g/mol. The summed E-state index contributed by atoms with van der Waals surface area (Å²) in [6.45, 7) is 4.32. The number of hydrogen-bond donors (Lipinski definition) is 1. The predicted molar refractivity (Wildman–Crippen MR) is 48.3 cm³/mol. The minimum Gasteiger partial charge on any atom is -0.383 e. The van der Waals surface area contributed by atoms with Gasteiger partial charge in [0.05, 0.1) is 6.61 Å². The fraction of sp³-hybridized carbons (Fsp3) is 1.00. The molecule has 0 aliphatic heterocycles. The lowest BCUT2D eigenvalue weighted by Crippen LogP contribution is -2.24. The third kappa shape index (κ3) is 7.97. The standard InChI is InChI=1S/C7H17NO2S/c1-3-11(9)7-5-8-4-6-10-2/h8H,3-7H2,1-2H3. The van der Waals surface area contributed by atoms with Crippen LogP contribution in [-0.4, -0.2) is 42.5 Å². The third-order valence-corrected chi connectivity index (χ3v) is 2.61. The van der Waals surface area contributed by atoms with Crippen LogP contribution in [0.4, 0.5) is 0 Å².